The van der Waals surface area contributed by atoms with E-state index in [1.54, 1.807) is 6.07 Å². The van der Waals surface area contributed by atoms with Crippen molar-refractivity contribution in [2.45, 2.75) is 11.9 Å². The molecule has 6 heteroatoms. The van der Waals surface area contributed by atoms with Gasteiger partial charge in [0.1, 0.15) is 5.82 Å². The van der Waals surface area contributed by atoms with E-state index in [2.05, 4.69) is 4.72 Å². The summed E-state index contributed by atoms with van der Waals surface area (Å²) in [4.78, 5) is 0. The van der Waals surface area contributed by atoms with Gasteiger partial charge in [-0.05, 0) is 23.3 Å². The van der Waals surface area contributed by atoms with Crippen LogP contribution in [-0.2, 0) is 20.5 Å². The van der Waals surface area contributed by atoms with Crippen LogP contribution in [0, 0.1) is 5.82 Å². The predicted molar refractivity (Wildman–Crippen MR) is 83.2 cm³/mol. The number of nitrogens with one attached hydrogen (secondary N) is 1. The van der Waals surface area contributed by atoms with Gasteiger partial charge in [0.15, 0.2) is 0 Å². The van der Waals surface area contributed by atoms with Gasteiger partial charge in [0.25, 0.3) is 0 Å². The summed E-state index contributed by atoms with van der Waals surface area (Å²) in [5.41, 5.74) is 1.29. The number of rotatable bonds is 7. The highest BCUT2D eigenvalue weighted by molar-refractivity contribution is 7.88. The molecular weight excluding hydrogens is 305 g/mol. The predicted octanol–water partition coefficient (Wildman–Crippen LogP) is 2.63. The first-order chi connectivity index (χ1) is 10.5. The first-order valence-corrected chi connectivity index (χ1v) is 8.45. The summed E-state index contributed by atoms with van der Waals surface area (Å²) in [5, 5.41) is 0. The Kier molecular flexibility index (Phi) is 5.65. The third-order valence-electron chi connectivity index (χ3n) is 3.19. The molecule has 0 aliphatic heterocycles. The fourth-order valence-corrected chi connectivity index (χ4v) is 3.23. The number of ether oxygens (including phenoxy) is 1. The number of halogens is 1. The van der Waals surface area contributed by atoms with E-state index in [4.69, 9.17) is 4.74 Å². The molecule has 0 aromatic heterocycles. The van der Waals surface area contributed by atoms with Crippen molar-refractivity contribution in [2.75, 3.05) is 13.7 Å². The van der Waals surface area contributed by atoms with E-state index in [0.717, 1.165) is 5.56 Å². The summed E-state index contributed by atoms with van der Waals surface area (Å²) in [6, 6.07) is 14.9. The maximum atomic E-state index is 13.1. The zero-order chi connectivity index (χ0) is 16.0. The molecule has 0 amide bonds. The van der Waals surface area contributed by atoms with Crippen LogP contribution in [0.25, 0.3) is 0 Å². The first-order valence-electron chi connectivity index (χ1n) is 6.80. The molecule has 0 aliphatic rings. The minimum atomic E-state index is -3.56. The van der Waals surface area contributed by atoms with Gasteiger partial charge in [-0.1, -0.05) is 42.5 Å². The van der Waals surface area contributed by atoms with Crippen molar-refractivity contribution < 1.29 is 17.5 Å². The minimum Gasteiger partial charge on any atom is -0.375 e. The van der Waals surface area contributed by atoms with Crippen molar-refractivity contribution in [3.8, 4) is 0 Å². The minimum absolute atomic E-state index is 0.123. The molecule has 0 spiro atoms. The Labute approximate surface area is 130 Å². The summed E-state index contributed by atoms with van der Waals surface area (Å²) in [7, 11) is -2.03. The van der Waals surface area contributed by atoms with Crippen molar-refractivity contribution in [1.82, 2.24) is 4.72 Å². The lowest BCUT2D eigenvalue weighted by Gasteiger charge is -2.16. The fraction of sp³-hybridized carbons (Fsp3) is 0.250. The van der Waals surface area contributed by atoms with Crippen LogP contribution in [0.15, 0.2) is 54.6 Å². The zero-order valence-electron chi connectivity index (χ0n) is 12.2. The molecule has 0 fully saturated rings. The lowest BCUT2D eigenvalue weighted by Crippen LogP contribution is -2.30. The van der Waals surface area contributed by atoms with Gasteiger partial charge in [0.05, 0.1) is 11.9 Å². The Hall–Kier alpha value is -1.76. The van der Waals surface area contributed by atoms with Gasteiger partial charge in [-0.25, -0.2) is 17.5 Å². The van der Waals surface area contributed by atoms with E-state index < -0.39 is 15.8 Å². The Morgan fingerprint density at radius 1 is 1.14 bits per heavy atom. The van der Waals surface area contributed by atoms with Gasteiger partial charge in [0.2, 0.25) is 10.0 Å². The van der Waals surface area contributed by atoms with Gasteiger partial charge >= 0.3 is 0 Å². The van der Waals surface area contributed by atoms with Gasteiger partial charge in [-0.3, -0.25) is 0 Å². The Morgan fingerprint density at radius 3 is 2.50 bits per heavy atom. The second kappa shape index (κ2) is 7.49. The first kappa shape index (κ1) is 16.6. The Balaban J connectivity index is 2.00. The lowest BCUT2D eigenvalue weighted by molar-refractivity contribution is 0.107. The van der Waals surface area contributed by atoms with Crippen molar-refractivity contribution in [1.29, 1.82) is 0 Å². The summed E-state index contributed by atoms with van der Waals surface area (Å²) < 4.78 is 45.1. The SMILES string of the molecule is CO[C@@H](CNS(=O)(=O)Cc1cccc(F)c1)c1ccccc1. The number of sulfonamides is 1. The number of hydrogen-bond donors (Lipinski definition) is 1. The molecule has 2 aromatic carbocycles. The van der Waals surface area contributed by atoms with Crippen LogP contribution in [0.4, 0.5) is 4.39 Å². The van der Waals surface area contributed by atoms with Crippen LogP contribution in [0.2, 0.25) is 0 Å². The van der Waals surface area contributed by atoms with Gasteiger partial charge < -0.3 is 4.74 Å². The average Bonchev–Trinajstić information content (AvgIpc) is 2.48. The largest absolute Gasteiger partial charge is 0.375 e. The molecule has 0 heterocycles. The highest BCUT2D eigenvalue weighted by Crippen LogP contribution is 2.16. The zero-order valence-corrected chi connectivity index (χ0v) is 13.0. The highest BCUT2D eigenvalue weighted by atomic mass is 32.2. The molecule has 0 radical (unpaired) electrons. The molecule has 4 nitrogen and oxygen atoms in total. The van der Waals surface area contributed by atoms with Crippen molar-refractivity contribution in [3.05, 3.63) is 71.5 Å². The molecule has 0 bridgehead atoms. The molecule has 22 heavy (non-hydrogen) atoms. The monoisotopic (exact) mass is 323 g/mol. The van der Waals surface area contributed by atoms with Crippen LogP contribution >= 0.6 is 0 Å². The lowest BCUT2D eigenvalue weighted by atomic mass is 10.1. The van der Waals surface area contributed by atoms with Crippen LogP contribution in [0.3, 0.4) is 0 Å². The maximum absolute atomic E-state index is 13.1. The maximum Gasteiger partial charge on any atom is 0.215 e. The van der Waals surface area contributed by atoms with Crippen LogP contribution in [0.5, 0.6) is 0 Å². The van der Waals surface area contributed by atoms with E-state index in [1.165, 1.54) is 25.3 Å². The average molecular weight is 323 g/mol. The molecule has 0 aliphatic carbocycles. The highest BCUT2D eigenvalue weighted by Gasteiger charge is 2.16. The number of methoxy groups -OCH3 is 1. The molecule has 0 saturated heterocycles. The van der Waals surface area contributed by atoms with Crippen molar-refractivity contribution in [3.63, 3.8) is 0 Å². The Morgan fingerprint density at radius 2 is 1.86 bits per heavy atom. The standard InChI is InChI=1S/C16H18FNO3S/c1-21-16(14-7-3-2-4-8-14)11-18-22(19,20)12-13-6-5-9-15(17)10-13/h2-10,16,18H,11-12H2,1H3/t16-/m0/s1. The van der Waals surface area contributed by atoms with E-state index in [0.29, 0.717) is 5.56 Å². The third kappa shape index (κ3) is 4.91. The molecule has 0 unspecified atom stereocenters. The van der Waals surface area contributed by atoms with E-state index >= 15 is 0 Å². The quantitative estimate of drug-likeness (QED) is 0.852. The van der Waals surface area contributed by atoms with Gasteiger partial charge in [0, 0.05) is 13.7 Å². The van der Waals surface area contributed by atoms with Crippen molar-refractivity contribution in [2.24, 2.45) is 0 Å². The number of hydrogen-bond acceptors (Lipinski definition) is 3. The van der Waals surface area contributed by atoms with Crippen LogP contribution < -0.4 is 4.72 Å². The second-order valence-electron chi connectivity index (χ2n) is 4.87. The molecule has 118 valence electrons. The number of benzene rings is 2. The van der Waals surface area contributed by atoms with E-state index in [9.17, 15) is 12.8 Å². The van der Waals surface area contributed by atoms with E-state index in [1.807, 2.05) is 30.3 Å². The second-order valence-corrected chi connectivity index (χ2v) is 6.68. The normalized spacial score (nSPS) is 13.0. The van der Waals surface area contributed by atoms with Crippen molar-refractivity contribution >= 4 is 10.0 Å². The van der Waals surface area contributed by atoms with E-state index in [-0.39, 0.29) is 18.4 Å². The molecule has 0 saturated carbocycles. The summed E-state index contributed by atoms with van der Waals surface area (Å²) in [6.07, 6.45) is -0.372. The molecular formula is C16H18FNO3S. The van der Waals surface area contributed by atoms with Gasteiger partial charge in [-0.2, -0.15) is 0 Å². The molecule has 1 atom stereocenters. The molecule has 2 rings (SSSR count). The summed E-state index contributed by atoms with van der Waals surface area (Å²) >= 11 is 0. The molecule has 1 N–H and O–H groups in total. The topological polar surface area (TPSA) is 55.4 Å². The van der Waals surface area contributed by atoms with Crippen LogP contribution in [-0.4, -0.2) is 22.1 Å². The third-order valence-corrected chi connectivity index (χ3v) is 4.51. The summed E-state index contributed by atoms with van der Waals surface area (Å²) in [5.74, 6) is -0.720. The fourth-order valence-electron chi connectivity index (χ4n) is 2.10. The summed E-state index contributed by atoms with van der Waals surface area (Å²) in [6.45, 7) is 0.123. The Bertz CT molecular complexity index is 704. The molecule has 2 aromatic rings. The van der Waals surface area contributed by atoms with Crippen LogP contribution in [0.1, 0.15) is 17.2 Å². The smallest absolute Gasteiger partial charge is 0.215 e. The van der Waals surface area contributed by atoms with Gasteiger partial charge in [-0.15, -0.1) is 0 Å².